The second-order valence-corrected chi connectivity index (χ2v) is 3.39. The number of benzene rings is 1. The van der Waals surface area contributed by atoms with E-state index in [1.807, 2.05) is 0 Å². The van der Waals surface area contributed by atoms with Crippen molar-refractivity contribution in [2.75, 3.05) is 33.3 Å². The van der Waals surface area contributed by atoms with Gasteiger partial charge in [-0.05, 0) is 18.2 Å². The molecular formula is C12H15NO5. The third-order valence-corrected chi connectivity index (χ3v) is 2.17. The molecule has 0 spiro atoms. The van der Waals surface area contributed by atoms with E-state index in [-0.39, 0.29) is 12.5 Å². The Morgan fingerprint density at radius 1 is 1.22 bits per heavy atom. The van der Waals surface area contributed by atoms with Crippen molar-refractivity contribution < 1.29 is 23.8 Å². The van der Waals surface area contributed by atoms with Crippen LogP contribution in [0.2, 0.25) is 0 Å². The molecule has 0 atom stereocenters. The van der Waals surface area contributed by atoms with E-state index in [1.54, 1.807) is 12.1 Å². The van der Waals surface area contributed by atoms with Crippen LogP contribution in [-0.2, 0) is 14.3 Å². The van der Waals surface area contributed by atoms with E-state index in [0.29, 0.717) is 17.0 Å². The number of methoxy groups -OCH3 is 3. The zero-order valence-electron chi connectivity index (χ0n) is 10.5. The lowest BCUT2D eigenvalue weighted by molar-refractivity contribution is -0.119. The monoisotopic (exact) mass is 253 g/mol. The molecule has 0 saturated heterocycles. The average molecular weight is 253 g/mol. The average Bonchev–Trinajstić information content (AvgIpc) is 2.38. The number of nitrogens with one attached hydrogen (secondary N) is 1. The van der Waals surface area contributed by atoms with E-state index in [9.17, 15) is 9.59 Å². The lowest BCUT2D eigenvalue weighted by atomic mass is 10.2. The molecule has 0 aliphatic carbocycles. The minimum Gasteiger partial charge on any atom is -0.495 e. The van der Waals surface area contributed by atoms with Crippen LogP contribution >= 0.6 is 0 Å². The maximum atomic E-state index is 11.4. The summed E-state index contributed by atoms with van der Waals surface area (Å²) in [6, 6.07) is 4.61. The van der Waals surface area contributed by atoms with Gasteiger partial charge in [0.15, 0.2) is 0 Å². The summed E-state index contributed by atoms with van der Waals surface area (Å²) in [5.41, 5.74) is 0.716. The Bertz CT molecular complexity index is 444. The lowest BCUT2D eigenvalue weighted by Gasteiger charge is -2.11. The molecule has 1 amide bonds. The van der Waals surface area contributed by atoms with Gasteiger partial charge in [-0.3, -0.25) is 4.79 Å². The van der Waals surface area contributed by atoms with Gasteiger partial charge < -0.3 is 19.5 Å². The molecule has 6 nitrogen and oxygen atoms in total. The van der Waals surface area contributed by atoms with Crippen LogP contribution in [0.4, 0.5) is 5.69 Å². The highest BCUT2D eigenvalue weighted by Gasteiger charge is 2.12. The largest absolute Gasteiger partial charge is 0.495 e. The molecule has 0 radical (unpaired) electrons. The summed E-state index contributed by atoms with van der Waals surface area (Å²) in [5, 5.41) is 2.59. The molecule has 1 aromatic carbocycles. The first kappa shape index (κ1) is 14.0. The van der Waals surface area contributed by atoms with Crippen LogP contribution in [0.25, 0.3) is 0 Å². The molecule has 1 rings (SSSR count). The zero-order valence-corrected chi connectivity index (χ0v) is 10.5. The van der Waals surface area contributed by atoms with Crippen molar-refractivity contribution in [3.05, 3.63) is 23.8 Å². The zero-order chi connectivity index (χ0) is 13.5. The Morgan fingerprint density at radius 2 is 1.94 bits per heavy atom. The third kappa shape index (κ3) is 3.46. The molecule has 1 aromatic rings. The fraction of sp³-hybridized carbons (Fsp3) is 0.333. The topological polar surface area (TPSA) is 73.9 Å². The first-order chi connectivity index (χ1) is 8.62. The summed E-state index contributed by atoms with van der Waals surface area (Å²) in [6.07, 6.45) is 0. The second-order valence-electron chi connectivity index (χ2n) is 3.39. The highest BCUT2D eigenvalue weighted by Crippen LogP contribution is 2.25. The molecule has 0 bridgehead atoms. The number of ether oxygens (including phenoxy) is 3. The summed E-state index contributed by atoms with van der Waals surface area (Å²) >= 11 is 0. The predicted molar refractivity (Wildman–Crippen MR) is 64.8 cm³/mol. The molecule has 98 valence electrons. The Balaban J connectivity index is 2.98. The minimum absolute atomic E-state index is 0.0778. The van der Waals surface area contributed by atoms with Gasteiger partial charge in [0.05, 0.1) is 25.5 Å². The van der Waals surface area contributed by atoms with Gasteiger partial charge >= 0.3 is 5.97 Å². The maximum absolute atomic E-state index is 11.4. The van der Waals surface area contributed by atoms with E-state index < -0.39 is 5.97 Å². The smallest absolute Gasteiger partial charge is 0.337 e. The SMILES string of the molecule is COCC(=O)Nc1cc(C(=O)OC)ccc1OC. The number of esters is 1. The molecule has 0 aliphatic rings. The van der Waals surface area contributed by atoms with Crippen LogP contribution < -0.4 is 10.1 Å². The Labute approximate surface area is 105 Å². The predicted octanol–water partition coefficient (Wildman–Crippen LogP) is 1.07. The lowest BCUT2D eigenvalue weighted by Crippen LogP contribution is -2.18. The van der Waals surface area contributed by atoms with Gasteiger partial charge in [-0.25, -0.2) is 4.79 Å². The first-order valence-corrected chi connectivity index (χ1v) is 5.17. The van der Waals surface area contributed by atoms with Gasteiger partial charge in [-0.1, -0.05) is 0 Å². The third-order valence-electron chi connectivity index (χ3n) is 2.17. The van der Waals surface area contributed by atoms with E-state index in [0.717, 1.165) is 0 Å². The molecule has 0 aromatic heterocycles. The first-order valence-electron chi connectivity index (χ1n) is 5.17. The van der Waals surface area contributed by atoms with Gasteiger partial charge in [-0.2, -0.15) is 0 Å². The fourth-order valence-electron chi connectivity index (χ4n) is 1.37. The number of hydrogen-bond donors (Lipinski definition) is 1. The van der Waals surface area contributed by atoms with Gasteiger partial charge in [0.2, 0.25) is 5.91 Å². The number of rotatable bonds is 5. The van der Waals surface area contributed by atoms with Crippen molar-refractivity contribution in [1.82, 2.24) is 0 Å². The number of hydrogen-bond acceptors (Lipinski definition) is 5. The molecule has 18 heavy (non-hydrogen) atoms. The number of carbonyl (C=O) groups is 2. The van der Waals surface area contributed by atoms with Crippen LogP contribution in [0.3, 0.4) is 0 Å². The van der Waals surface area contributed by atoms with Gasteiger partial charge in [0.25, 0.3) is 0 Å². The van der Waals surface area contributed by atoms with Crippen molar-refractivity contribution in [2.45, 2.75) is 0 Å². The summed E-state index contributed by atoms with van der Waals surface area (Å²) < 4.78 is 14.4. The summed E-state index contributed by atoms with van der Waals surface area (Å²) in [4.78, 5) is 22.8. The second kappa shape index (κ2) is 6.61. The van der Waals surface area contributed by atoms with Crippen molar-refractivity contribution in [3.63, 3.8) is 0 Å². The molecule has 0 saturated carbocycles. The Morgan fingerprint density at radius 3 is 2.50 bits per heavy atom. The van der Waals surface area contributed by atoms with Crippen molar-refractivity contribution in [2.24, 2.45) is 0 Å². The molecular weight excluding hydrogens is 238 g/mol. The summed E-state index contributed by atoms with van der Waals surface area (Å²) in [5.74, 6) is -0.371. The van der Waals surface area contributed by atoms with E-state index in [2.05, 4.69) is 10.1 Å². The van der Waals surface area contributed by atoms with Crippen LogP contribution in [-0.4, -0.2) is 39.8 Å². The van der Waals surface area contributed by atoms with E-state index in [4.69, 9.17) is 9.47 Å². The van der Waals surface area contributed by atoms with Crippen LogP contribution in [0.15, 0.2) is 18.2 Å². The highest BCUT2D eigenvalue weighted by atomic mass is 16.5. The van der Waals surface area contributed by atoms with Gasteiger partial charge in [-0.15, -0.1) is 0 Å². The summed E-state index contributed by atoms with van der Waals surface area (Å²) in [6.45, 7) is -0.0778. The quantitative estimate of drug-likeness (QED) is 0.794. The molecule has 0 fully saturated rings. The summed E-state index contributed by atoms with van der Waals surface area (Å²) in [7, 11) is 4.18. The fourth-order valence-corrected chi connectivity index (χ4v) is 1.37. The van der Waals surface area contributed by atoms with Crippen LogP contribution in [0, 0.1) is 0 Å². The number of amides is 1. The van der Waals surface area contributed by atoms with Crippen LogP contribution in [0.1, 0.15) is 10.4 Å². The van der Waals surface area contributed by atoms with Crippen molar-refractivity contribution in [3.8, 4) is 5.75 Å². The van der Waals surface area contributed by atoms with Gasteiger partial charge in [0, 0.05) is 7.11 Å². The molecule has 1 N–H and O–H groups in total. The van der Waals surface area contributed by atoms with Gasteiger partial charge in [0.1, 0.15) is 12.4 Å². The number of anilines is 1. The Hall–Kier alpha value is -2.08. The number of carbonyl (C=O) groups excluding carboxylic acids is 2. The van der Waals surface area contributed by atoms with Crippen LogP contribution in [0.5, 0.6) is 5.75 Å². The molecule has 6 heteroatoms. The van der Waals surface area contributed by atoms with Crippen molar-refractivity contribution >= 4 is 17.6 Å². The van der Waals surface area contributed by atoms with E-state index >= 15 is 0 Å². The minimum atomic E-state index is -0.486. The highest BCUT2D eigenvalue weighted by molar-refractivity contribution is 5.96. The standard InChI is InChI=1S/C12H15NO5/c1-16-7-11(14)13-9-6-8(12(15)18-3)4-5-10(9)17-2/h4-6H,7H2,1-3H3,(H,13,14). The van der Waals surface area contributed by atoms with Crippen molar-refractivity contribution in [1.29, 1.82) is 0 Å². The molecule has 0 unspecified atom stereocenters. The maximum Gasteiger partial charge on any atom is 0.337 e. The molecule has 0 aliphatic heterocycles. The Kier molecular flexibility index (Phi) is 5.13. The molecule has 0 heterocycles. The van der Waals surface area contributed by atoms with E-state index in [1.165, 1.54) is 27.4 Å². The normalized spacial score (nSPS) is 9.72.